The second-order valence-electron chi connectivity index (χ2n) is 9.80. The van der Waals surface area contributed by atoms with E-state index < -0.39 is 5.97 Å². The van der Waals surface area contributed by atoms with E-state index >= 15 is 0 Å². The van der Waals surface area contributed by atoms with E-state index in [0.717, 1.165) is 52.2 Å². The number of nitrogens with zero attached hydrogens (tertiary/aromatic N) is 2. The molecule has 0 atom stereocenters. The summed E-state index contributed by atoms with van der Waals surface area (Å²) in [6.45, 7) is 8.34. The maximum atomic E-state index is 11.4. The Bertz CT molecular complexity index is 1130. The molecule has 1 N–H and O–H groups in total. The molecule has 0 aliphatic carbocycles. The summed E-state index contributed by atoms with van der Waals surface area (Å²) in [6.07, 6.45) is 4.64. The number of fused-ring (bicyclic) bond motifs is 1. The van der Waals surface area contributed by atoms with E-state index in [0.29, 0.717) is 18.3 Å². The second kappa shape index (κ2) is 9.20. The van der Waals surface area contributed by atoms with Crippen LogP contribution in [0.4, 0.5) is 0 Å². The molecule has 2 saturated heterocycles. The summed E-state index contributed by atoms with van der Waals surface area (Å²) in [5.74, 6) is 0.0501. The van der Waals surface area contributed by atoms with Crippen LogP contribution >= 0.6 is 0 Å². The molecule has 0 unspecified atom stereocenters. The van der Waals surface area contributed by atoms with Gasteiger partial charge in [-0.15, -0.1) is 0 Å². The molecule has 6 nitrogen and oxygen atoms in total. The Balaban J connectivity index is 1.20. The molecule has 174 valence electrons. The molecular weight excluding hydrogens is 416 g/mol. The van der Waals surface area contributed by atoms with Gasteiger partial charge >= 0.3 is 5.97 Å². The minimum Gasteiger partial charge on any atom is -0.491 e. The lowest BCUT2D eigenvalue weighted by Gasteiger charge is -2.38. The highest BCUT2D eigenvalue weighted by atomic mass is 16.5. The summed E-state index contributed by atoms with van der Waals surface area (Å²) in [7, 11) is 0. The molecule has 3 heterocycles. The first-order chi connectivity index (χ1) is 16.0. The van der Waals surface area contributed by atoms with Crippen molar-refractivity contribution in [1.29, 1.82) is 0 Å². The van der Waals surface area contributed by atoms with Gasteiger partial charge in [-0.2, -0.15) is 0 Å². The maximum Gasteiger partial charge on any atom is 0.339 e. The number of carbonyl (C=O) groups is 1. The van der Waals surface area contributed by atoms with Gasteiger partial charge in [0.15, 0.2) is 0 Å². The predicted octanol–water partition coefficient (Wildman–Crippen LogP) is 4.63. The van der Waals surface area contributed by atoms with Crippen molar-refractivity contribution in [2.45, 2.75) is 32.2 Å². The predicted molar refractivity (Wildman–Crippen MR) is 128 cm³/mol. The van der Waals surface area contributed by atoms with Crippen LogP contribution in [-0.2, 0) is 11.3 Å². The number of ether oxygens (including phenoxy) is 2. The minimum atomic E-state index is -0.954. The van der Waals surface area contributed by atoms with Crippen LogP contribution in [0, 0.1) is 5.41 Å². The molecule has 6 heteroatoms. The van der Waals surface area contributed by atoms with Crippen LogP contribution in [-0.4, -0.2) is 60.0 Å². The van der Waals surface area contributed by atoms with Crippen LogP contribution in [0.2, 0.25) is 0 Å². The second-order valence-corrected chi connectivity index (χ2v) is 9.80. The summed E-state index contributed by atoms with van der Waals surface area (Å²) in [6, 6.07) is 15.6. The van der Waals surface area contributed by atoms with Crippen LogP contribution in [0.25, 0.3) is 10.9 Å². The molecule has 0 radical (unpaired) electrons. The third-order valence-electron chi connectivity index (χ3n) is 7.08. The number of benzene rings is 2. The molecule has 5 rings (SSSR count). The van der Waals surface area contributed by atoms with Gasteiger partial charge in [-0.1, -0.05) is 37.3 Å². The Hall–Kier alpha value is -2.83. The summed E-state index contributed by atoms with van der Waals surface area (Å²) in [5, 5.41) is 10.7. The van der Waals surface area contributed by atoms with Gasteiger partial charge in [0.2, 0.25) is 0 Å². The largest absolute Gasteiger partial charge is 0.491 e. The number of aromatic carboxylic acids is 1. The van der Waals surface area contributed by atoms with Crippen molar-refractivity contribution in [2.24, 2.45) is 5.41 Å². The van der Waals surface area contributed by atoms with E-state index in [1.54, 1.807) is 18.2 Å². The highest BCUT2D eigenvalue weighted by Crippen LogP contribution is 2.37. The SMILES string of the molecule is CC1(Cn2cc(C3CCN(CCOc4ccccc4C(=O)O)CC3)c3ccccc32)COC1. The van der Waals surface area contributed by atoms with Gasteiger partial charge in [-0.3, -0.25) is 4.90 Å². The zero-order valence-corrected chi connectivity index (χ0v) is 19.2. The molecule has 1 aromatic heterocycles. The van der Waals surface area contributed by atoms with Gasteiger partial charge in [0, 0.05) is 35.6 Å². The topological polar surface area (TPSA) is 63.9 Å². The number of aromatic nitrogens is 1. The van der Waals surface area contributed by atoms with E-state index in [1.807, 2.05) is 6.07 Å². The van der Waals surface area contributed by atoms with Gasteiger partial charge in [0.05, 0.1) is 13.2 Å². The lowest BCUT2D eigenvalue weighted by atomic mass is 9.88. The van der Waals surface area contributed by atoms with E-state index in [-0.39, 0.29) is 11.0 Å². The van der Waals surface area contributed by atoms with Crippen LogP contribution in [0.5, 0.6) is 5.75 Å². The fourth-order valence-corrected chi connectivity index (χ4v) is 5.21. The molecule has 2 aliphatic rings. The van der Waals surface area contributed by atoms with Crippen molar-refractivity contribution in [1.82, 2.24) is 9.47 Å². The first-order valence-electron chi connectivity index (χ1n) is 11.9. The van der Waals surface area contributed by atoms with Gasteiger partial charge in [0.25, 0.3) is 0 Å². The van der Waals surface area contributed by atoms with Crippen LogP contribution < -0.4 is 4.74 Å². The first kappa shape index (κ1) is 22.0. The molecular formula is C27H32N2O4. The van der Waals surface area contributed by atoms with Crippen molar-refractivity contribution in [3.05, 3.63) is 65.9 Å². The average Bonchev–Trinajstić information content (AvgIpc) is 3.17. The van der Waals surface area contributed by atoms with E-state index in [1.165, 1.54) is 16.5 Å². The molecule has 33 heavy (non-hydrogen) atoms. The number of carboxylic acids is 1. The van der Waals surface area contributed by atoms with E-state index in [9.17, 15) is 9.90 Å². The summed E-state index contributed by atoms with van der Waals surface area (Å²) < 4.78 is 13.7. The van der Waals surface area contributed by atoms with Crippen molar-refractivity contribution in [3.63, 3.8) is 0 Å². The van der Waals surface area contributed by atoms with Crippen molar-refractivity contribution in [3.8, 4) is 5.75 Å². The molecule has 0 spiro atoms. The number of hydrogen-bond donors (Lipinski definition) is 1. The lowest BCUT2D eigenvalue weighted by molar-refractivity contribution is -0.109. The fraction of sp³-hybridized carbons (Fsp3) is 0.444. The van der Waals surface area contributed by atoms with Gasteiger partial charge in [-0.05, 0) is 55.6 Å². The number of para-hydroxylation sites is 2. The van der Waals surface area contributed by atoms with Crippen LogP contribution in [0.3, 0.4) is 0 Å². The average molecular weight is 449 g/mol. The Kier molecular flexibility index (Phi) is 6.13. The minimum absolute atomic E-state index is 0.218. The molecule has 3 aromatic rings. The van der Waals surface area contributed by atoms with Crippen molar-refractivity contribution < 1.29 is 19.4 Å². The summed E-state index contributed by atoms with van der Waals surface area (Å²) in [4.78, 5) is 13.8. The Morgan fingerprint density at radius 2 is 1.85 bits per heavy atom. The zero-order chi connectivity index (χ0) is 22.8. The van der Waals surface area contributed by atoms with Gasteiger partial charge < -0.3 is 19.1 Å². The number of rotatable bonds is 8. The molecule has 0 bridgehead atoms. The lowest BCUT2D eigenvalue weighted by Crippen LogP contribution is -2.43. The fourth-order valence-electron chi connectivity index (χ4n) is 5.21. The summed E-state index contributed by atoms with van der Waals surface area (Å²) in [5.41, 5.74) is 3.26. The van der Waals surface area contributed by atoms with Crippen LogP contribution in [0.15, 0.2) is 54.7 Å². The Morgan fingerprint density at radius 3 is 2.58 bits per heavy atom. The summed E-state index contributed by atoms with van der Waals surface area (Å²) >= 11 is 0. The van der Waals surface area contributed by atoms with Gasteiger partial charge in [0.1, 0.15) is 17.9 Å². The van der Waals surface area contributed by atoms with Crippen LogP contribution in [0.1, 0.15) is 41.6 Å². The number of piperidine rings is 1. The maximum absolute atomic E-state index is 11.4. The smallest absolute Gasteiger partial charge is 0.339 e. The normalized spacial score (nSPS) is 18.8. The molecule has 2 aliphatic heterocycles. The highest BCUT2D eigenvalue weighted by molar-refractivity contribution is 5.90. The van der Waals surface area contributed by atoms with Crippen molar-refractivity contribution in [2.75, 3.05) is 39.5 Å². The third-order valence-corrected chi connectivity index (χ3v) is 7.08. The number of hydrogen-bond acceptors (Lipinski definition) is 4. The molecule has 2 fully saturated rings. The van der Waals surface area contributed by atoms with E-state index in [4.69, 9.17) is 9.47 Å². The van der Waals surface area contributed by atoms with Crippen molar-refractivity contribution >= 4 is 16.9 Å². The monoisotopic (exact) mass is 448 g/mol. The molecule has 0 saturated carbocycles. The molecule has 0 amide bonds. The number of likely N-dealkylation sites (tertiary alicyclic amines) is 1. The van der Waals surface area contributed by atoms with E-state index in [2.05, 4.69) is 46.9 Å². The van der Waals surface area contributed by atoms with Gasteiger partial charge in [-0.25, -0.2) is 4.79 Å². The number of carboxylic acid groups (broad SMARTS) is 1. The Labute approximate surface area is 194 Å². The molecule has 2 aromatic carbocycles. The Morgan fingerprint density at radius 1 is 1.12 bits per heavy atom. The highest BCUT2D eigenvalue weighted by Gasteiger charge is 2.34. The zero-order valence-electron chi connectivity index (χ0n) is 19.2. The third kappa shape index (κ3) is 4.63. The standard InChI is InChI=1S/C27H32N2O4/c1-27(18-32-19-27)17-29-16-23(21-6-2-4-8-24(21)29)20-10-12-28(13-11-20)14-15-33-25-9-5-3-7-22(25)26(30)31/h2-9,16,20H,10-15,17-19H2,1H3,(H,30,31). The quantitative estimate of drug-likeness (QED) is 0.544. The first-order valence-corrected chi connectivity index (χ1v) is 11.9.